The van der Waals surface area contributed by atoms with E-state index in [9.17, 15) is 14.4 Å². The Kier molecular flexibility index (Phi) is 5.46. The molecule has 0 unspecified atom stereocenters. The Bertz CT molecular complexity index is 507. The summed E-state index contributed by atoms with van der Waals surface area (Å²) in [5.41, 5.74) is -0.635. The van der Waals surface area contributed by atoms with Gasteiger partial charge in [0.1, 0.15) is 5.54 Å². The maximum atomic E-state index is 12.4. The summed E-state index contributed by atoms with van der Waals surface area (Å²) in [5, 5.41) is 2.87. The van der Waals surface area contributed by atoms with E-state index in [1.807, 2.05) is 13.8 Å². The van der Waals surface area contributed by atoms with Crippen LogP contribution in [0, 0.1) is 24.2 Å². The molecule has 2 aliphatic rings. The third-order valence-corrected chi connectivity index (χ3v) is 5.36. The van der Waals surface area contributed by atoms with Crippen molar-refractivity contribution in [3.05, 3.63) is 0 Å². The number of nitrogens with zero attached hydrogens (tertiary/aromatic N) is 1. The van der Waals surface area contributed by atoms with Crippen LogP contribution in [0.25, 0.3) is 0 Å². The lowest BCUT2D eigenvalue weighted by atomic mass is 9.81. The van der Waals surface area contributed by atoms with Crippen LogP contribution in [-0.2, 0) is 14.4 Å². The van der Waals surface area contributed by atoms with Crippen LogP contribution >= 0.6 is 0 Å². The molecule has 2 rings (SSSR count). The summed E-state index contributed by atoms with van der Waals surface area (Å²) in [6.45, 7) is 4.02. The van der Waals surface area contributed by atoms with Gasteiger partial charge in [-0.1, -0.05) is 32.6 Å². The van der Waals surface area contributed by atoms with Crippen LogP contribution in [0.2, 0.25) is 0 Å². The first-order chi connectivity index (χ1) is 11.0. The largest absolute Gasteiger partial charge is 0.340 e. The molecule has 5 nitrogen and oxygen atoms in total. The first-order valence-electron chi connectivity index (χ1n) is 8.62. The average Bonchev–Trinajstić information content (AvgIpc) is 2.82. The Labute approximate surface area is 138 Å². The van der Waals surface area contributed by atoms with Crippen molar-refractivity contribution in [1.29, 1.82) is 0 Å². The minimum atomic E-state index is -0.635. The predicted molar refractivity (Wildman–Crippen MR) is 87.1 cm³/mol. The fourth-order valence-electron chi connectivity index (χ4n) is 3.66. The summed E-state index contributed by atoms with van der Waals surface area (Å²) in [4.78, 5) is 38.2. The molecule has 0 aromatic carbocycles. The molecule has 0 aromatic rings. The fraction of sp³-hybridized carbons (Fsp3) is 0.722. The van der Waals surface area contributed by atoms with E-state index in [1.54, 1.807) is 0 Å². The van der Waals surface area contributed by atoms with E-state index < -0.39 is 5.54 Å². The van der Waals surface area contributed by atoms with Gasteiger partial charge < -0.3 is 5.32 Å². The maximum Gasteiger partial charge on any atom is 0.233 e. The number of imide groups is 1. The predicted octanol–water partition coefficient (Wildman–Crippen LogP) is 1.86. The van der Waals surface area contributed by atoms with E-state index >= 15 is 0 Å². The summed E-state index contributed by atoms with van der Waals surface area (Å²) >= 11 is 0. The number of carbonyl (C=O) groups excluding carboxylic acids is 3. The van der Waals surface area contributed by atoms with Gasteiger partial charge in [-0.25, -0.2) is 0 Å². The van der Waals surface area contributed by atoms with Crippen LogP contribution in [0.3, 0.4) is 0 Å². The lowest BCUT2D eigenvalue weighted by Crippen LogP contribution is -2.47. The third-order valence-electron chi connectivity index (χ3n) is 5.36. The smallest absolute Gasteiger partial charge is 0.233 e. The van der Waals surface area contributed by atoms with Crippen LogP contribution < -0.4 is 5.32 Å². The molecule has 1 saturated heterocycles. The van der Waals surface area contributed by atoms with E-state index in [4.69, 9.17) is 6.42 Å². The Morgan fingerprint density at radius 1 is 1.22 bits per heavy atom. The van der Waals surface area contributed by atoms with E-state index in [-0.39, 0.29) is 42.5 Å². The van der Waals surface area contributed by atoms with Crippen LogP contribution in [0.5, 0.6) is 0 Å². The zero-order chi connectivity index (χ0) is 17.0. The van der Waals surface area contributed by atoms with Crippen molar-refractivity contribution in [2.75, 3.05) is 6.54 Å². The molecule has 1 aliphatic carbocycles. The molecule has 5 heteroatoms. The average molecular weight is 318 g/mol. The number of amides is 3. The molecule has 2 fully saturated rings. The van der Waals surface area contributed by atoms with Gasteiger partial charge in [0.15, 0.2) is 0 Å². The van der Waals surface area contributed by atoms with Gasteiger partial charge in [-0.2, -0.15) is 0 Å². The van der Waals surface area contributed by atoms with Gasteiger partial charge in [-0.3, -0.25) is 19.3 Å². The van der Waals surface area contributed by atoms with Crippen LogP contribution in [0.1, 0.15) is 58.8 Å². The summed E-state index contributed by atoms with van der Waals surface area (Å²) in [7, 11) is 0. The number of hydrogen-bond acceptors (Lipinski definition) is 3. The molecule has 0 spiro atoms. The summed E-state index contributed by atoms with van der Waals surface area (Å²) in [6.07, 6.45) is 10.6. The molecule has 2 atom stereocenters. The molecule has 1 aliphatic heterocycles. The molecule has 23 heavy (non-hydrogen) atoms. The zero-order valence-electron chi connectivity index (χ0n) is 14.1. The molecule has 3 amide bonds. The second kappa shape index (κ2) is 7.16. The maximum absolute atomic E-state index is 12.4. The van der Waals surface area contributed by atoms with E-state index in [0.29, 0.717) is 12.8 Å². The first-order valence-corrected chi connectivity index (χ1v) is 8.62. The number of terminal acetylenes is 1. The van der Waals surface area contributed by atoms with Crippen molar-refractivity contribution < 1.29 is 14.4 Å². The van der Waals surface area contributed by atoms with Crippen molar-refractivity contribution in [3.8, 4) is 12.3 Å². The van der Waals surface area contributed by atoms with Crippen molar-refractivity contribution in [3.63, 3.8) is 0 Å². The minimum absolute atomic E-state index is 0.0957. The first kappa shape index (κ1) is 17.5. The van der Waals surface area contributed by atoms with E-state index in [0.717, 1.165) is 25.7 Å². The molecule has 0 bridgehead atoms. The molecular weight excluding hydrogens is 292 g/mol. The summed E-state index contributed by atoms with van der Waals surface area (Å²) in [6, 6.07) is 0. The van der Waals surface area contributed by atoms with Crippen molar-refractivity contribution >= 4 is 17.7 Å². The van der Waals surface area contributed by atoms with E-state index in [1.165, 1.54) is 4.90 Å². The lowest BCUT2D eigenvalue weighted by Gasteiger charge is -2.27. The van der Waals surface area contributed by atoms with Gasteiger partial charge in [0, 0.05) is 13.0 Å². The van der Waals surface area contributed by atoms with Crippen LogP contribution in [-0.4, -0.2) is 34.7 Å². The number of rotatable bonds is 6. The number of likely N-dealkylation sites (tertiary alicyclic amines) is 1. The minimum Gasteiger partial charge on any atom is -0.340 e. The topological polar surface area (TPSA) is 66.5 Å². The quantitative estimate of drug-likeness (QED) is 0.600. The highest BCUT2D eigenvalue weighted by Gasteiger charge is 2.47. The molecular formula is C18H26N2O3. The molecule has 1 N–H and O–H groups in total. The second-order valence-electron chi connectivity index (χ2n) is 6.56. The number of nitrogens with one attached hydrogen (secondary N) is 1. The van der Waals surface area contributed by atoms with Gasteiger partial charge >= 0.3 is 0 Å². The normalized spacial score (nSPS) is 24.3. The number of hydrogen-bond donors (Lipinski definition) is 1. The molecule has 0 aromatic heterocycles. The Hall–Kier alpha value is -1.83. The van der Waals surface area contributed by atoms with Crippen LogP contribution in [0.4, 0.5) is 0 Å². The van der Waals surface area contributed by atoms with Crippen molar-refractivity contribution in [1.82, 2.24) is 10.2 Å². The Morgan fingerprint density at radius 2 is 1.74 bits per heavy atom. The second-order valence-corrected chi connectivity index (χ2v) is 6.56. The zero-order valence-corrected chi connectivity index (χ0v) is 14.1. The molecule has 126 valence electrons. The number of fused-ring (bicyclic) bond motifs is 1. The number of carbonyl (C=O) groups is 3. The monoisotopic (exact) mass is 318 g/mol. The highest BCUT2D eigenvalue weighted by atomic mass is 16.2. The summed E-state index contributed by atoms with van der Waals surface area (Å²) < 4.78 is 0. The molecule has 0 radical (unpaired) electrons. The SMILES string of the molecule is C#CC(CC)(CC)NC(=O)CCN1C(=O)[C@H]2CCCC[C@@H]2C1=O. The van der Waals surface area contributed by atoms with E-state index in [2.05, 4.69) is 11.2 Å². The van der Waals surface area contributed by atoms with Gasteiger partial charge in [0.2, 0.25) is 17.7 Å². The lowest BCUT2D eigenvalue weighted by molar-refractivity contribution is -0.140. The van der Waals surface area contributed by atoms with Gasteiger partial charge in [0.25, 0.3) is 0 Å². The fourth-order valence-corrected chi connectivity index (χ4v) is 3.66. The van der Waals surface area contributed by atoms with Gasteiger partial charge in [-0.15, -0.1) is 6.42 Å². The molecule has 1 saturated carbocycles. The molecule has 1 heterocycles. The van der Waals surface area contributed by atoms with Crippen molar-refractivity contribution in [2.24, 2.45) is 11.8 Å². The Morgan fingerprint density at radius 3 is 2.17 bits per heavy atom. The van der Waals surface area contributed by atoms with Gasteiger partial charge in [0.05, 0.1) is 11.8 Å². The summed E-state index contributed by atoms with van der Waals surface area (Å²) in [5.74, 6) is 1.94. The van der Waals surface area contributed by atoms with Gasteiger partial charge in [-0.05, 0) is 25.7 Å². The highest BCUT2D eigenvalue weighted by molar-refractivity contribution is 6.05. The van der Waals surface area contributed by atoms with Crippen LogP contribution in [0.15, 0.2) is 0 Å². The Balaban J connectivity index is 1.93. The highest BCUT2D eigenvalue weighted by Crippen LogP contribution is 2.37. The third kappa shape index (κ3) is 3.41. The van der Waals surface area contributed by atoms with Crippen molar-refractivity contribution in [2.45, 2.75) is 64.3 Å². The standard InChI is InChI=1S/C18H26N2O3/c1-4-18(5-2,6-3)19-15(21)11-12-20-16(22)13-9-7-8-10-14(13)17(20)23/h1,13-14H,5-12H2,2-3H3,(H,19,21)/t13-,14-/m0/s1.